The van der Waals surface area contributed by atoms with Gasteiger partial charge in [-0.1, -0.05) is 54.6 Å². The molecule has 1 aliphatic rings. The maximum absolute atomic E-state index is 13.8. The van der Waals surface area contributed by atoms with Gasteiger partial charge in [-0.05, 0) is 55.7 Å². The Kier molecular flexibility index (Phi) is 9.60. The number of amides is 2. The van der Waals surface area contributed by atoms with Gasteiger partial charge >= 0.3 is 0 Å². The van der Waals surface area contributed by atoms with Crippen LogP contribution in [0.4, 0.5) is 10.1 Å². The Balaban J connectivity index is 1.89. The van der Waals surface area contributed by atoms with Crippen LogP contribution in [-0.2, 0) is 26.2 Å². The number of sulfonamides is 1. The van der Waals surface area contributed by atoms with Gasteiger partial charge in [-0.2, -0.15) is 0 Å². The van der Waals surface area contributed by atoms with E-state index < -0.39 is 34.3 Å². The van der Waals surface area contributed by atoms with Crippen LogP contribution in [0.25, 0.3) is 0 Å². The number of nitrogens with zero attached hydrogens (tertiary/aromatic N) is 2. The fourth-order valence-electron chi connectivity index (χ4n) is 4.23. The van der Waals surface area contributed by atoms with Crippen molar-refractivity contribution in [2.24, 2.45) is 0 Å². The first kappa shape index (κ1) is 28.2. The summed E-state index contributed by atoms with van der Waals surface area (Å²) in [7, 11) is -3.94. The monoisotopic (exact) mass is 557 g/mol. The quantitative estimate of drug-likeness (QED) is 0.481. The fraction of sp³-hybridized carbons (Fsp3) is 0.440. The topological polar surface area (TPSA) is 86.8 Å². The minimum Gasteiger partial charge on any atom is -0.352 e. The second kappa shape index (κ2) is 12.3. The molecule has 0 heterocycles. The summed E-state index contributed by atoms with van der Waals surface area (Å²) in [5.74, 6) is -1.59. The average molecular weight is 559 g/mol. The molecule has 1 aliphatic carbocycles. The van der Waals surface area contributed by atoms with Crippen LogP contribution in [-0.4, -0.2) is 50.0 Å². The third-order valence-corrected chi connectivity index (χ3v) is 8.11. The highest BCUT2D eigenvalue weighted by Gasteiger charge is 2.31. The summed E-state index contributed by atoms with van der Waals surface area (Å²) in [5, 5.41) is 3.65. The summed E-state index contributed by atoms with van der Waals surface area (Å²) in [4.78, 5) is 28.0. The van der Waals surface area contributed by atoms with Gasteiger partial charge in [0.1, 0.15) is 18.4 Å². The van der Waals surface area contributed by atoms with E-state index in [0.29, 0.717) is 15.6 Å². The predicted octanol–water partition coefficient (Wildman–Crippen LogP) is 4.76. The molecule has 0 bridgehead atoms. The van der Waals surface area contributed by atoms with E-state index in [1.54, 1.807) is 25.1 Å². The van der Waals surface area contributed by atoms with Crippen LogP contribution in [0, 0.1) is 5.82 Å². The number of carbonyl (C=O) groups excluding carboxylic acids is 2. The van der Waals surface area contributed by atoms with Gasteiger partial charge < -0.3 is 10.2 Å². The second-order valence-corrected chi connectivity index (χ2v) is 11.8. The molecule has 1 unspecified atom stereocenters. The Morgan fingerprint density at radius 1 is 1.08 bits per heavy atom. The zero-order valence-electron chi connectivity index (χ0n) is 20.2. The summed E-state index contributed by atoms with van der Waals surface area (Å²) >= 11 is 12.2. The van der Waals surface area contributed by atoms with Crippen molar-refractivity contribution in [1.82, 2.24) is 10.2 Å². The lowest BCUT2D eigenvalue weighted by atomic mass is 9.95. The van der Waals surface area contributed by atoms with Gasteiger partial charge in [-0.25, -0.2) is 12.8 Å². The largest absolute Gasteiger partial charge is 0.352 e. The van der Waals surface area contributed by atoms with Crippen molar-refractivity contribution in [2.45, 2.75) is 57.7 Å². The lowest BCUT2D eigenvalue weighted by Gasteiger charge is -2.33. The Labute approximate surface area is 221 Å². The molecule has 2 amide bonds. The Morgan fingerprint density at radius 3 is 2.39 bits per heavy atom. The summed E-state index contributed by atoms with van der Waals surface area (Å²) in [5.41, 5.74) is 0.631. The summed E-state index contributed by atoms with van der Waals surface area (Å²) in [6, 6.07) is 8.98. The fourth-order valence-corrected chi connectivity index (χ4v) is 5.39. The van der Waals surface area contributed by atoms with Crippen molar-refractivity contribution in [3.05, 3.63) is 63.9 Å². The minimum absolute atomic E-state index is 0.00424. The van der Waals surface area contributed by atoms with Crippen LogP contribution >= 0.6 is 23.2 Å². The minimum atomic E-state index is -3.94. The van der Waals surface area contributed by atoms with E-state index in [4.69, 9.17) is 23.2 Å². The lowest BCUT2D eigenvalue weighted by Crippen LogP contribution is -2.53. The van der Waals surface area contributed by atoms with Crippen LogP contribution in [0.2, 0.25) is 10.0 Å². The van der Waals surface area contributed by atoms with E-state index in [1.807, 2.05) is 0 Å². The lowest BCUT2D eigenvalue weighted by molar-refractivity contribution is -0.139. The van der Waals surface area contributed by atoms with Crippen molar-refractivity contribution in [1.29, 1.82) is 0 Å². The van der Waals surface area contributed by atoms with Crippen LogP contribution in [0.3, 0.4) is 0 Å². The average Bonchev–Trinajstić information content (AvgIpc) is 2.82. The van der Waals surface area contributed by atoms with Crippen LogP contribution < -0.4 is 9.62 Å². The predicted molar refractivity (Wildman–Crippen MR) is 140 cm³/mol. The van der Waals surface area contributed by atoms with Gasteiger partial charge in [-0.15, -0.1) is 0 Å². The first-order valence-corrected chi connectivity index (χ1v) is 14.3. The molecule has 3 rings (SSSR count). The molecule has 0 aromatic heterocycles. The van der Waals surface area contributed by atoms with E-state index in [1.165, 1.54) is 23.1 Å². The normalized spacial score (nSPS) is 15.2. The van der Waals surface area contributed by atoms with Crippen molar-refractivity contribution in [3.8, 4) is 0 Å². The number of hydrogen-bond acceptors (Lipinski definition) is 4. The molecule has 196 valence electrons. The Hall–Kier alpha value is -2.36. The molecular formula is C25H30Cl2FN3O4S. The molecule has 0 aliphatic heterocycles. The summed E-state index contributed by atoms with van der Waals surface area (Å²) in [6.07, 6.45) is 5.88. The first-order valence-electron chi connectivity index (χ1n) is 11.7. The molecule has 2 aromatic carbocycles. The molecule has 2 aromatic rings. The molecule has 11 heteroatoms. The van der Waals surface area contributed by atoms with Crippen molar-refractivity contribution >= 4 is 50.7 Å². The highest BCUT2D eigenvalue weighted by atomic mass is 35.5. The maximum atomic E-state index is 13.8. The molecule has 36 heavy (non-hydrogen) atoms. The van der Waals surface area contributed by atoms with Gasteiger partial charge in [0, 0.05) is 12.6 Å². The van der Waals surface area contributed by atoms with Gasteiger partial charge in [0.15, 0.2) is 0 Å². The molecule has 0 radical (unpaired) electrons. The Bertz CT molecular complexity index is 1210. The zero-order valence-corrected chi connectivity index (χ0v) is 22.5. The highest BCUT2D eigenvalue weighted by Crippen LogP contribution is 2.25. The highest BCUT2D eigenvalue weighted by molar-refractivity contribution is 7.92. The van der Waals surface area contributed by atoms with Crippen LogP contribution in [0.15, 0.2) is 42.5 Å². The maximum Gasteiger partial charge on any atom is 0.244 e. The second-order valence-electron chi connectivity index (χ2n) is 9.04. The molecule has 1 N–H and O–H groups in total. The van der Waals surface area contributed by atoms with Crippen molar-refractivity contribution in [3.63, 3.8) is 0 Å². The molecular weight excluding hydrogens is 528 g/mol. The van der Waals surface area contributed by atoms with Crippen LogP contribution in [0.5, 0.6) is 0 Å². The van der Waals surface area contributed by atoms with Gasteiger partial charge in [0.2, 0.25) is 21.8 Å². The third kappa shape index (κ3) is 7.57. The number of anilines is 1. The number of carbonyl (C=O) groups is 2. The van der Waals surface area contributed by atoms with Crippen molar-refractivity contribution < 1.29 is 22.4 Å². The molecule has 1 saturated carbocycles. The number of rotatable bonds is 9. The van der Waals surface area contributed by atoms with E-state index in [9.17, 15) is 22.4 Å². The van der Waals surface area contributed by atoms with E-state index in [2.05, 4.69) is 5.32 Å². The standard InChI is InChI=1S/C25H30Cl2FN3O4S/c1-17(25(33)29-20-8-4-3-5-9-20)30(15-18-11-12-22(26)23(27)13-18)24(32)16-31(36(2,34)35)21-10-6-7-19(28)14-21/h6-7,10-14,17,20H,3-5,8-9,15-16H2,1-2H3,(H,29,33). The molecule has 0 spiro atoms. The molecule has 1 fully saturated rings. The van der Waals surface area contributed by atoms with Crippen LogP contribution in [0.1, 0.15) is 44.6 Å². The Morgan fingerprint density at radius 2 is 1.78 bits per heavy atom. The third-order valence-electron chi connectivity index (χ3n) is 6.23. The number of hydrogen-bond donors (Lipinski definition) is 1. The van der Waals surface area contributed by atoms with E-state index in [-0.39, 0.29) is 24.2 Å². The molecule has 0 saturated heterocycles. The summed E-state index contributed by atoms with van der Waals surface area (Å²) < 4.78 is 39.7. The van der Waals surface area contributed by atoms with Crippen molar-refractivity contribution in [2.75, 3.05) is 17.1 Å². The summed E-state index contributed by atoms with van der Waals surface area (Å²) in [6.45, 7) is 0.987. The SMILES string of the molecule is CC(C(=O)NC1CCCCC1)N(Cc1ccc(Cl)c(Cl)c1)C(=O)CN(c1cccc(F)c1)S(C)(=O)=O. The molecule has 1 atom stereocenters. The number of nitrogens with one attached hydrogen (secondary N) is 1. The zero-order chi connectivity index (χ0) is 26.5. The smallest absolute Gasteiger partial charge is 0.244 e. The van der Waals surface area contributed by atoms with Gasteiger partial charge in [0.05, 0.1) is 22.0 Å². The number of halogens is 3. The van der Waals surface area contributed by atoms with E-state index in [0.717, 1.165) is 48.7 Å². The molecule has 7 nitrogen and oxygen atoms in total. The first-order chi connectivity index (χ1) is 17.0. The van der Waals surface area contributed by atoms with E-state index >= 15 is 0 Å². The number of benzene rings is 2. The van der Waals surface area contributed by atoms with Gasteiger partial charge in [0.25, 0.3) is 0 Å². The van der Waals surface area contributed by atoms with Gasteiger partial charge in [-0.3, -0.25) is 13.9 Å².